The third-order valence-electron chi connectivity index (χ3n) is 3.50. The lowest BCUT2D eigenvalue weighted by Gasteiger charge is -2.23. The summed E-state index contributed by atoms with van der Waals surface area (Å²) in [6, 6.07) is 0. The minimum atomic E-state index is -0.810. The zero-order chi connectivity index (χ0) is 11.9. The van der Waals surface area contributed by atoms with Crippen LogP contribution in [0, 0.1) is 6.92 Å². The van der Waals surface area contributed by atoms with Gasteiger partial charge >= 0.3 is 5.97 Å². The van der Waals surface area contributed by atoms with Crippen LogP contribution in [0.25, 0.3) is 0 Å². The van der Waals surface area contributed by atoms with E-state index in [0.717, 1.165) is 18.5 Å². The molecule has 1 aromatic rings. The Labute approximate surface area is 99.2 Å². The maximum absolute atomic E-state index is 11.5. The summed E-state index contributed by atoms with van der Waals surface area (Å²) in [5.74, 6) is -0.775. The lowest BCUT2D eigenvalue weighted by Crippen LogP contribution is -2.33. The van der Waals surface area contributed by atoms with Gasteiger partial charge in [0, 0.05) is 12.6 Å². The zero-order valence-corrected chi connectivity index (χ0v) is 10.2. The summed E-state index contributed by atoms with van der Waals surface area (Å²) in [6.07, 6.45) is 3.21. The number of carbonyl (C=O) groups is 1. The van der Waals surface area contributed by atoms with Crippen LogP contribution in [0.15, 0.2) is 0 Å². The van der Waals surface area contributed by atoms with E-state index in [9.17, 15) is 9.90 Å². The number of hydrogen-bond donors (Lipinski definition) is 1. The van der Waals surface area contributed by atoms with E-state index < -0.39 is 11.4 Å². The van der Waals surface area contributed by atoms with Gasteiger partial charge in [-0.25, -0.2) is 0 Å². The van der Waals surface area contributed by atoms with Gasteiger partial charge in [-0.15, -0.1) is 0 Å². The van der Waals surface area contributed by atoms with Gasteiger partial charge in [0.2, 0.25) is 0 Å². The van der Waals surface area contributed by atoms with Crippen molar-refractivity contribution in [2.75, 3.05) is 0 Å². The van der Waals surface area contributed by atoms with Gasteiger partial charge in [0.05, 0.1) is 11.1 Å². The van der Waals surface area contributed by atoms with Gasteiger partial charge in [-0.3, -0.25) is 9.48 Å². The van der Waals surface area contributed by atoms with E-state index in [-0.39, 0.29) is 0 Å². The molecular formula is C11H15ClN2O2. The molecule has 1 saturated carbocycles. The molecule has 0 radical (unpaired) electrons. The predicted octanol–water partition coefficient (Wildman–Crippen LogP) is 2.28. The van der Waals surface area contributed by atoms with Crippen LogP contribution in [0.4, 0.5) is 0 Å². The molecule has 1 N–H and O–H groups in total. The molecule has 0 bridgehead atoms. The molecule has 1 fully saturated rings. The first-order valence-corrected chi connectivity index (χ1v) is 5.80. The van der Waals surface area contributed by atoms with Crippen LogP contribution < -0.4 is 0 Å². The summed E-state index contributed by atoms with van der Waals surface area (Å²) in [5.41, 5.74) is 0.633. The Hall–Kier alpha value is -1.03. The number of hydrogen-bond acceptors (Lipinski definition) is 2. The van der Waals surface area contributed by atoms with Crippen molar-refractivity contribution in [1.29, 1.82) is 0 Å². The van der Waals surface area contributed by atoms with E-state index in [1.165, 1.54) is 0 Å². The van der Waals surface area contributed by atoms with Crippen LogP contribution in [-0.4, -0.2) is 20.9 Å². The molecule has 0 saturated heterocycles. The van der Waals surface area contributed by atoms with Crippen molar-refractivity contribution in [2.45, 2.75) is 38.0 Å². The minimum absolute atomic E-state index is 0.460. The molecule has 0 amide bonds. The van der Waals surface area contributed by atoms with Crippen molar-refractivity contribution in [3.63, 3.8) is 0 Å². The van der Waals surface area contributed by atoms with Crippen LogP contribution in [0.3, 0.4) is 0 Å². The Morgan fingerprint density at radius 3 is 2.44 bits per heavy atom. The highest BCUT2D eigenvalue weighted by Gasteiger charge is 2.46. The molecule has 5 heteroatoms. The number of aliphatic carboxylic acids is 1. The van der Waals surface area contributed by atoms with Crippen LogP contribution in [0.2, 0.25) is 5.15 Å². The molecule has 16 heavy (non-hydrogen) atoms. The summed E-state index contributed by atoms with van der Waals surface area (Å²) >= 11 is 6.16. The summed E-state index contributed by atoms with van der Waals surface area (Å²) in [6.45, 7) is 1.82. The Balaban J connectivity index is 2.60. The standard InChI is InChI=1S/C11H15ClN2O2/c1-7-8(9(12)14(2)13-7)11(10(15)16)5-3-4-6-11/h3-6H2,1-2H3,(H,15,16). The van der Waals surface area contributed by atoms with Crippen LogP contribution in [0.1, 0.15) is 36.9 Å². The van der Waals surface area contributed by atoms with Crippen molar-refractivity contribution in [3.8, 4) is 0 Å². The van der Waals surface area contributed by atoms with Gasteiger partial charge in [0.1, 0.15) is 5.15 Å². The lowest BCUT2D eigenvalue weighted by molar-refractivity contribution is -0.143. The molecule has 1 aliphatic rings. The predicted molar refractivity (Wildman–Crippen MR) is 60.7 cm³/mol. The number of carboxylic acid groups (broad SMARTS) is 1. The normalized spacial score (nSPS) is 18.9. The molecule has 1 aliphatic carbocycles. The lowest BCUT2D eigenvalue weighted by atomic mass is 9.79. The topological polar surface area (TPSA) is 55.1 Å². The third-order valence-corrected chi connectivity index (χ3v) is 3.93. The van der Waals surface area contributed by atoms with Crippen LogP contribution in [0.5, 0.6) is 0 Å². The maximum atomic E-state index is 11.5. The Bertz CT molecular complexity index is 433. The Kier molecular flexibility index (Phi) is 2.70. The molecule has 1 aromatic heterocycles. The first kappa shape index (κ1) is 11.5. The highest BCUT2D eigenvalue weighted by Crippen LogP contribution is 2.45. The van der Waals surface area contributed by atoms with Gasteiger partial charge < -0.3 is 5.11 Å². The molecule has 0 spiro atoms. The van der Waals surface area contributed by atoms with E-state index in [4.69, 9.17) is 11.6 Å². The number of aryl methyl sites for hydroxylation is 2. The smallest absolute Gasteiger partial charge is 0.314 e. The monoisotopic (exact) mass is 242 g/mol. The van der Waals surface area contributed by atoms with E-state index in [1.54, 1.807) is 11.7 Å². The first-order valence-electron chi connectivity index (χ1n) is 5.42. The number of aromatic nitrogens is 2. The summed E-state index contributed by atoms with van der Waals surface area (Å²) in [4.78, 5) is 11.5. The van der Waals surface area contributed by atoms with Gasteiger partial charge in [-0.1, -0.05) is 24.4 Å². The number of rotatable bonds is 2. The fraction of sp³-hybridized carbons (Fsp3) is 0.636. The van der Waals surface area contributed by atoms with Gasteiger partial charge in [-0.2, -0.15) is 5.10 Å². The highest BCUT2D eigenvalue weighted by atomic mass is 35.5. The van der Waals surface area contributed by atoms with E-state index in [0.29, 0.717) is 23.6 Å². The van der Waals surface area contributed by atoms with Crippen LogP contribution >= 0.6 is 11.6 Å². The fourth-order valence-electron chi connectivity index (χ4n) is 2.72. The number of nitrogens with zero attached hydrogens (tertiary/aromatic N) is 2. The average Bonchev–Trinajstić information content (AvgIpc) is 2.75. The molecule has 0 atom stereocenters. The van der Waals surface area contributed by atoms with E-state index in [1.807, 2.05) is 6.92 Å². The molecule has 1 heterocycles. The summed E-state index contributed by atoms with van der Waals surface area (Å²) in [7, 11) is 1.74. The van der Waals surface area contributed by atoms with E-state index >= 15 is 0 Å². The largest absolute Gasteiger partial charge is 0.481 e. The first-order chi connectivity index (χ1) is 7.49. The second kappa shape index (κ2) is 3.77. The summed E-state index contributed by atoms with van der Waals surface area (Å²) in [5, 5.41) is 14.1. The molecule has 0 unspecified atom stereocenters. The number of halogens is 1. The summed E-state index contributed by atoms with van der Waals surface area (Å²) < 4.78 is 1.55. The van der Waals surface area contributed by atoms with Gasteiger partial charge in [0.25, 0.3) is 0 Å². The molecule has 2 rings (SSSR count). The maximum Gasteiger partial charge on any atom is 0.314 e. The van der Waals surface area contributed by atoms with Gasteiger partial charge in [0.15, 0.2) is 0 Å². The second-order valence-corrected chi connectivity index (χ2v) is 4.83. The molecular weight excluding hydrogens is 228 g/mol. The SMILES string of the molecule is Cc1nn(C)c(Cl)c1C1(C(=O)O)CCCC1. The number of carboxylic acids is 1. The zero-order valence-electron chi connectivity index (χ0n) is 9.46. The molecule has 88 valence electrons. The van der Waals surface area contributed by atoms with Gasteiger partial charge in [-0.05, 0) is 19.8 Å². The molecule has 0 aliphatic heterocycles. The fourth-order valence-corrected chi connectivity index (χ4v) is 3.08. The molecule has 4 nitrogen and oxygen atoms in total. The third kappa shape index (κ3) is 1.44. The quantitative estimate of drug-likeness (QED) is 0.866. The van der Waals surface area contributed by atoms with Crippen molar-refractivity contribution in [3.05, 3.63) is 16.4 Å². The molecule has 0 aromatic carbocycles. The van der Waals surface area contributed by atoms with Crippen molar-refractivity contribution >= 4 is 17.6 Å². The van der Waals surface area contributed by atoms with Crippen molar-refractivity contribution < 1.29 is 9.90 Å². The van der Waals surface area contributed by atoms with Crippen molar-refractivity contribution in [1.82, 2.24) is 9.78 Å². The van der Waals surface area contributed by atoms with Crippen LogP contribution in [-0.2, 0) is 17.3 Å². The second-order valence-electron chi connectivity index (χ2n) is 4.47. The Morgan fingerprint density at radius 2 is 2.06 bits per heavy atom. The van der Waals surface area contributed by atoms with E-state index in [2.05, 4.69) is 5.10 Å². The highest BCUT2D eigenvalue weighted by molar-refractivity contribution is 6.30. The minimum Gasteiger partial charge on any atom is -0.481 e. The Morgan fingerprint density at radius 1 is 1.50 bits per heavy atom. The van der Waals surface area contributed by atoms with Crippen molar-refractivity contribution in [2.24, 2.45) is 7.05 Å². The average molecular weight is 243 g/mol.